The third-order valence-electron chi connectivity index (χ3n) is 5.86. The van der Waals surface area contributed by atoms with E-state index in [1.165, 1.54) is 12.1 Å². The average molecular weight is 444 g/mol. The molecule has 0 bridgehead atoms. The van der Waals surface area contributed by atoms with Gasteiger partial charge in [-0.25, -0.2) is 9.18 Å². The fourth-order valence-corrected chi connectivity index (χ4v) is 4.11. The SMILES string of the molecule is CC(C)(C)OC(=O)N1CCC(N)(C(CN)c2ccc(F)cc2OCc2ccccc2)CC1. The van der Waals surface area contributed by atoms with Crippen LogP contribution in [0.3, 0.4) is 0 Å². The van der Waals surface area contributed by atoms with Crippen LogP contribution in [0, 0.1) is 5.82 Å². The number of ether oxygens (including phenoxy) is 2. The van der Waals surface area contributed by atoms with Crippen LogP contribution in [0.2, 0.25) is 0 Å². The van der Waals surface area contributed by atoms with E-state index in [1.54, 1.807) is 11.0 Å². The minimum absolute atomic E-state index is 0.241. The van der Waals surface area contributed by atoms with Crippen LogP contribution in [0.4, 0.5) is 9.18 Å². The van der Waals surface area contributed by atoms with E-state index in [1.807, 2.05) is 51.1 Å². The van der Waals surface area contributed by atoms with Crippen molar-refractivity contribution in [2.45, 2.75) is 57.3 Å². The van der Waals surface area contributed by atoms with Crippen molar-refractivity contribution in [1.29, 1.82) is 0 Å². The van der Waals surface area contributed by atoms with Gasteiger partial charge in [0.25, 0.3) is 0 Å². The van der Waals surface area contributed by atoms with Gasteiger partial charge >= 0.3 is 6.09 Å². The molecule has 3 rings (SSSR count). The Morgan fingerprint density at radius 2 is 1.81 bits per heavy atom. The van der Waals surface area contributed by atoms with Gasteiger partial charge in [0.2, 0.25) is 0 Å². The number of nitrogens with zero attached hydrogens (tertiary/aromatic N) is 1. The van der Waals surface area contributed by atoms with E-state index in [-0.39, 0.29) is 24.4 Å². The Bertz CT molecular complexity index is 906. The molecule has 1 amide bonds. The summed E-state index contributed by atoms with van der Waals surface area (Å²) in [6.07, 6.45) is 0.783. The number of hydrogen-bond donors (Lipinski definition) is 2. The lowest BCUT2D eigenvalue weighted by molar-refractivity contribution is 0.0155. The molecular weight excluding hydrogens is 409 g/mol. The largest absolute Gasteiger partial charge is 0.489 e. The van der Waals surface area contributed by atoms with Gasteiger partial charge in [-0.3, -0.25) is 0 Å². The van der Waals surface area contributed by atoms with E-state index in [2.05, 4.69) is 0 Å². The predicted octanol–water partition coefficient (Wildman–Crippen LogP) is 4.18. The number of nitrogens with two attached hydrogens (primary N) is 2. The summed E-state index contributed by atoms with van der Waals surface area (Å²) in [5.41, 5.74) is 13.6. The molecule has 1 unspecified atom stereocenters. The Morgan fingerprint density at radius 3 is 2.41 bits per heavy atom. The number of piperidine rings is 1. The second-order valence-electron chi connectivity index (χ2n) is 9.45. The van der Waals surface area contributed by atoms with Gasteiger partial charge in [-0.2, -0.15) is 0 Å². The Hall–Kier alpha value is -2.64. The maximum atomic E-state index is 14.1. The molecular formula is C25H34FN3O3. The van der Waals surface area contributed by atoms with Crippen molar-refractivity contribution >= 4 is 6.09 Å². The number of halogens is 1. The molecule has 2 aromatic carbocycles. The fourth-order valence-electron chi connectivity index (χ4n) is 4.11. The van der Waals surface area contributed by atoms with Gasteiger partial charge in [-0.1, -0.05) is 36.4 Å². The quantitative estimate of drug-likeness (QED) is 0.699. The van der Waals surface area contributed by atoms with Crippen LogP contribution < -0.4 is 16.2 Å². The minimum atomic E-state index is -0.643. The summed E-state index contributed by atoms with van der Waals surface area (Å²) in [7, 11) is 0. The van der Waals surface area contributed by atoms with E-state index in [0.717, 1.165) is 11.1 Å². The normalized spacial score (nSPS) is 17.0. The van der Waals surface area contributed by atoms with Crippen LogP contribution in [0.15, 0.2) is 48.5 Å². The molecule has 1 atom stereocenters. The van der Waals surface area contributed by atoms with Gasteiger partial charge in [0.15, 0.2) is 0 Å². The van der Waals surface area contributed by atoms with Gasteiger partial charge in [0.1, 0.15) is 23.8 Å². The highest BCUT2D eigenvalue weighted by Gasteiger charge is 2.41. The third kappa shape index (κ3) is 5.99. The summed E-state index contributed by atoms with van der Waals surface area (Å²) < 4.78 is 25.5. The molecule has 4 N–H and O–H groups in total. The maximum Gasteiger partial charge on any atom is 0.410 e. The highest BCUT2D eigenvalue weighted by Crippen LogP contribution is 2.39. The molecule has 1 heterocycles. The summed E-state index contributed by atoms with van der Waals surface area (Å²) in [5.74, 6) is -0.170. The van der Waals surface area contributed by atoms with Crippen molar-refractivity contribution in [2.75, 3.05) is 19.6 Å². The number of carbonyl (C=O) groups excluding carboxylic acids is 1. The van der Waals surface area contributed by atoms with Crippen molar-refractivity contribution in [3.63, 3.8) is 0 Å². The van der Waals surface area contributed by atoms with Gasteiger partial charge < -0.3 is 25.8 Å². The minimum Gasteiger partial charge on any atom is -0.489 e. The molecule has 174 valence electrons. The van der Waals surface area contributed by atoms with Crippen molar-refractivity contribution < 1.29 is 18.7 Å². The standard InChI is InChI=1S/C25H34FN3O3/c1-24(2,3)32-23(30)29-13-11-25(28,12-14-29)21(16-27)20-10-9-19(26)15-22(20)31-17-18-7-5-4-6-8-18/h4-10,15,21H,11-14,16-17,27-28H2,1-3H3. The van der Waals surface area contributed by atoms with Gasteiger partial charge in [0.05, 0.1) is 0 Å². The lowest BCUT2D eigenvalue weighted by atomic mass is 9.73. The smallest absolute Gasteiger partial charge is 0.410 e. The van der Waals surface area contributed by atoms with Crippen LogP contribution in [0.1, 0.15) is 50.7 Å². The lowest BCUT2D eigenvalue weighted by Crippen LogP contribution is -2.57. The molecule has 0 aromatic heterocycles. The fraction of sp³-hybridized carbons (Fsp3) is 0.480. The van der Waals surface area contributed by atoms with Gasteiger partial charge in [-0.05, 0) is 45.2 Å². The van der Waals surface area contributed by atoms with Crippen molar-refractivity contribution in [2.24, 2.45) is 11.5 Å². The third-order valence-corrected chi connectivity index (χ3v) is 5.86. The van der Waals surface area contributed by atoms with Crippen LogP contribution >= 0.6 is 0 Å². The lowest BCUT2D eigenvalue weighted by Gasteiger charge is -2.44. The van der Waals surface area contributed by atoms with Crippen molar-refractivity contribution in [3.05, 3.63) is 65.5 Å². The first-order valence-corrected chi connectivity index (χ1v) is 11.0. The summed E-state index contributed by atoms with van der Waals surface area (Å²) >= 11 is 0. The topological polar surface area (TPSA) is 90.8 Å². The molecule has 1 aliphatic rings. The first-order chi connectivity index (χ1) is 15.1. The molecule has 0 saturated carbocycles. The van der Waals surface area contributed by atoms with Crippen LogP contribution in [0.5, 0.6) is 5.75 Å². The van der Waals surface area contributed by atoms with Crippen LogP contribution in [-0.2, 0) is 11.3 Å². The molecule has 0 aliphatic carbocycles. The predicted molar refractivity (Wildman–Crippen MR) is 123 cm³/mol. The summed E-state index contributed by atoms with van der Waals surface area (Å²) in [4.78, 5) is 14.1. The van der Waals surface area contributed by atoms with E-state index < -0.39 is 11.1 Å². The molecule has 1 aliphatic heterocycles. The van der Waals surface area contributed by atoms with Gasteiger partial charge in [-0.15, -0.1) is 0 Å². The summed E-state index contributed by atoms with van der Waals surface area (Å²) in [6, 6.07) is 14.2. The van der Waals surface area contributed by atoms with Gasteiger partial charge in [0, 0.05) is 42.7 Å². The van der Waals surface area contributed by atoms with Crippen molar-refractivity contribution in [1.82, 2.24) is 4.90 Å². The van der Waals surface area contributed by atoms with Crippen LogP contribution in [0.25, 0.3) is 0 Å². The number of amides is 1. The number of hydrogen-bond acceptors (Lipinski definition) is 5. The number of likely N-dealkylation sites (tertiary alicyclic amines) is 1. The monoisotopic (exact) mass is 443 g/mol. The molecule has 32 heavy (non-hydrogen) atoms. The number of carbonyl (C=O) groups is 1. The molecule has 0 spiro atoms. The van der Waals surface area contributed by atoms with Crippen molar-refractivity contribution in [3.8, 4) is 5.75 Å². The zero-order valence-electron chi connectivity index (χ0n) is 19.1. The Labute approximate surface area is 189 Å². The highest BCUT2D eigenvalue weighted by molar-refractivity contribution is 5.68. The average Bonchev–Trinajstić information content (AvgIpc) is 2.74. The van der Waals surface area contributed by atoms with E-state index >= 15 is 0 Å². The Kier molecular flexibility index (Phi) is 7.41. The number of rotatable bonds is 6. The molecule has 6 nitrogen and oxygen atoms in total. The molecule has 2 aromatic rings. The van der Waals surface area contributed by atoms with E-state index in [4.69, 9.17) is 20.9 Å². The highest BCUT2D eigenvalue weighted by atomic mass is 19.1. The molecule has 1 saturated heterocycles. The molecule has 1 fully saturated rings. The van der Waals surface area contributed by atoms with E-state index in [0.29, 0.717) is 38.3 Å². The number of benzene rings is 2. The zero-order valence-corrected chi connectivity index (χ0v) is 19.1. The Morgan fingerprint density at radius 1 is 1.16 bits per heavy atom. The second-order valence-corrected chi connectivity index (χ2v) is 9.45. The summed E-state index contributed by atoms with van der Waals surface area (Å²) in [6.45, 7) is 7.09. The van der Waals surface area contributed by atoms with E-state index in [9.17, 15) is 9.18 Å². The van der Waals surface area contributed by atoms with Crippen LogP contribution in [-0.4, -0.2) is 41.8 Å². The zero-order chi connectivity index (χ0) is 23.4. The first kappa shape index (κ1) is 24.0. The maximum absolute atomic E-state index is 14.1. The molecule has 0 radical (unpaired) electrons. The second kappa shape index (κ2) is 9.88. The summed E-state index contributed by atoms with van der Waals surface area (Å²) in [5, 5.41) is 0. The Balaban J connectivity index is 1.75. The molecule has 7 heteroatoms. The first-order valence-electron chi connectivity index (χ1n) is 11.0.